The topological polar surface area (TPSA) is 0 Å². The van der Waals surface area contributed by atoms with E-state index in [1.807, 2.05) is 0 Å². The molecule has 0 aliphatic rings. The summed E-state index contributed by atoms with van der Waals surface area (Å²) in [7, 11) is 0.777. The van der Waals surface area contributed by atoms with Gasteiger partial charge in [-0.15, -0.1) is 25.7 Å². The molecule has 2 aromatic carbocycles. The van der Waals surface area contributed by atoms with Crippen molar-refractivity contribution >= 4 is 19.2 Å². The Hall–Kier alpha value is -1.32. The Morgan fingerprint density at radius 1 is 0.556 bits per heavy atom. The Morgan fingerprint density at radius 2 is 0.833 bits per heavy atom. The molecule has 0 fully saturated rings. The van der Waals surface area contributed by atoms with Crippen molar-refractivity contribution in [2.45, 2.75) is 0 Å². The van der Waals surface area contributed by atoms with Crippen molar-refractivity contribution in [3.63, 3.8) is 0 Å². The van der Waals surface area contributed by atoms with Gasteiger partial charge in [-0.2, -0.15) is 0 Å². The summed E-state index contributed by atoms with van der Waals surface area (Å²) in [6.45, 7) is 0. The number of terminal acetylenes is 2. The standard InChI is InChI=1S/C12H11P.2C2H2.Pt/c1-3-7-11(8-4-1)13-12-9-5-2-6-10-12;2*1-2;/h1-10,13H;2*1-2H;. The maximum atomic E-state index is 4.00. The molecule has 0 bridgehead atoms. The molecule has 2 rings (SSSR count). The zero-order valence-corrected chi connectivity index (χ0v) is 13.2. The minimum Gasteiger partial charge on any atom is -0.124 e. The van der Waals surface area contributed by atoms with Crippen LogP contribution < -0.4 is 10.6 Å². The summed E-state index contributed by atoms with van der Waals surface area (Å²) in [5.74, 6) is 0. The van der Waals surface area contributed by atoms with Crippen LogP contribution in [0, 0.1) is 25.7 Å². The summed E-state index contributed by atoms with van der Waals surface area (Å²) in [4.78, 5) is 0. The predicted octanol–water partition coefficient (Wildman–Crippen LogP) is 2.81. The molecule has 2 heteroatoms. The van der Waals surface area contributed by atoms with Gasteiger partial charge in [0, 0.05) is 21.1 Å². The van der Waals surface area contributed by atoms with Gasteiger partial charge in [0.15, 0.2) is 0 Å². The van der Waals surface area contributed by atoms with E-state index < -0.39 is 0 Å². The van der Waals surface area contributed by atoms with Crippen LogP contribution in [0.4, 0.5) is 0 Å². The van der Waals surface area contributed by atoms with Crippen molar-refractivity contribution in [2.24, 2.45) is 0 Å². The molecule has 0 saturated heterocycles. The average molecular weight is 433 g/mol. The van der Waals surface area contributed by atoms with Crippen molar-refractivity contribution in [3.05, 3.63) is 60.7 Å². The number of rotatable bonds is 2. The summed E-state index contributed by atoms with van der Waals surface area (Å²) in [6.07, 6.45) is 16.0. The first-order valence-electron chi connectivity index (χ1n) is 4.99. The van der Waals surface area contributed by atoms with Crippen LogP contribution in [0.25, 0.3) is 0 Å². The van der Waals surface area contributed by atoms with Gasteiger partial charge in [0.05, 0.1) is 0 Å². The van der Waals surface area contributed by atoms with Gasteiger partial charge in [-0.3, -0.25) is 0 Å². The molecule has 0 aromatic heterocycles. The fourth-order valence-electron chi connectivity index (χ4n) is 1.21. The van der Waals surface area contributed by atoms with E-state index in [9.17, 15) is 0 Å². The van der Waals surface area contributed by atoms with Crippen LogP contribution in [-0.2, 0) is 21.1 Å². The third kappa shape index (κ3) is 7.87. The average Bonchev–Trinajstić information content (AvgIpc) is 2.45. The smallest absolute Gasteiger partial charge is 0 e. The Labute approximate surface area is 126 Å². The molecule has 0 nitrogen and oxygen atoms in total. The predicted molar refractivity (Wildman–Crippen MR) is 80.2 cm³/mol. The third-order valence-corrected chi connectivity index (χ3v) is 3.08. The molecule has 0 unspecified atom stereocenters. The summed E-state index contributed by atoms with van der Waals surface area (Å²) < 4.78 is 0. The minimum atomic E-state index is 0. The first-order chi connectivity index (χ1) is 8.45. The molecule has 0 aliphatic heterocycles. The first kappa shape index (κ1) is 19.0. The van der Waals surface area contributed by atoms with Gasteiger partial charge in [0.25, 0.3) is 0 Å². The van der Waals surface area contributed by atoms with Crippen LogP contribution in [0.15, 0.2) is 60.7 Å². The number of hydrogen-bond donors (Lipinski definition) is 0. The van der Waals surface area contributed by atoms with Crippen molar-refractivity contribution in [1.29, 1.82) is 0 Å². The van der Waals surface area contributed by atoms with Crippen molar-refractivity contribution in [1.82, 2.24) is 0 Å². The van der Waals surface area contributed by atoms with E-state index in [4.69, 9.17) is 0 Å². The minimum absolute atomic E-state index is 0. The van der Waals surface area contributed by atoms with E-state index in [1.54, 1.807) is 0 Å². The molecule has 0 N–H and O–H groups in total. The SMILES string of the molecule is C#C.C#C.[Pt].c1ccc(Pc2ccccc2)cc1. The maximum absolute atomic E-state index is 4.00. The van der Waals surface area contributed by atoms with Crippen LogP contribution in [0.2, 0.25) is 0 Å². The zero-order chi connectivity index (χ0) is 12.9. The van der Waals surface area contributed by atoms with Gasteiger partial charge in [-0.05, 0) is 10.6 Å². The first-order valence-corrected chi connectivity index (χ1v) is 5.99. The second-order valence-corrected chi connectivity index (χ2v) is 4.26. The Morgan fingerprint density at radius 3 is 1.11 bits per heavy atom. The van der Waals surface area contributed by atoms with Crippen LogP contribution in [0.5, 0.6) is 0 Å². The monoisotopic (exact) mass is 433 g/mol. The van der Waals surface area contributed by atoms with E-state index in [-0.39, 0.29) is 21.1 Å². The molecule has 0 aliphatic carbocycles. The molecular formula is C16H15PPt. The molecule has 0 radical (unpaired) electrons. The third-order valence-electron chi connectivity index (χ3n) is 1.84. The normalized spacial score (nSPS) is 7.33. The summed E-state index contributed by atoms with van der Waals surface area (Å²) in [5.41, 5.74) is 0. The van der Waals surface area contributed by atoms with Gasteiger partial charge in [0.2, 0.25) is 0 Å². The molecular weight excluding hydrogens is 418 g/mol. The quantitative estimate of drug-likeness (QED) is 0.505. The summed E-state index contributed by atoms with van der Waals surface area (Å²) in [6, 6.07) is 21.2. The van der Waals surface area contributed by atoms with Crippen molar-refractivity contribution in [3.8, 4) is 25.7 Å². The molecule has 0 saturated carbocycles. The van der Waals surface area contributed by atoms with Gasteiger partial charge in [-0.25, -0.2) is 0 Å². The summed E-state index contributed by atoms with van der Waals surface area (Å²) in [5, 5.41) is 2.79. The van der Waals surface area contributed by atoms with Gasteiger partial charge in [0.1, 0.15) is 0 Å². The maximum Gasteiger partial charge on any atom is 0 e. The molecule has 18 heavy (non-hydrogen) atoms. The van der Waals surface area contributed by atoms with Gasteiger partial charge < -0.3 is 0 Å². The Bertz CT molecular complexity index is 388. The molecule has 0 heterocycles. The fraction of sp³-hybridized carbons (Fsp3) is 0. The van der Waals surface area contributed by atoms with Crippen LogP contribution >= 0.6 is 8.58 Å². The van der Waals surface area contributed by atoms with E-state index >= 15 is 0 Å². The molecule has 0 amide bonds. The van der Waals surface area contributed by atoms with Crippen LogP contribution in [0.1, 0.15) is 0 Å². The summed E-state index contributed by atoms with van der Waals surface area (Å²) >= 11 is 0. The van der Waals surface area contributed by atoms with Crippen molar-refractivity contribution < 1.29 is 21.1 Å². The second kappa shape index (κ2) is 13.7. The zero-order valence-electron chi connectivity index (χ0n) is 9.90. The van der Waals surface area contributed by atoms with Gasteiger partial charge in [-0.1, -0.05) is 69.2 Å². The molecule has 94 valence electrons. The van der Waals surface area contributed by atoms with E-state index in [0.717, 1.165) is 8.58 Å². The van der Waals surface area contributed by atoms with Gasteiger partial charge >= 0.3 is 0 Å². The number of hydrogen-bond acceptors (Lipinski definition) is 0. The number of benzene rings is 2. The Balaban J connectivity index is 0. The van der Waals surface area contributed by atoms with Crippen molar-refractivity contribution in [2.75, 3.05) is 0 Å². The van der Waals surface area contributed by atoms with E-state index in [0.29, 0.717) is 0 Å². The van der Waals surface area contributed by atoms with E-state index in [1.165, 1.54) is 10.6 Å². The Kier molecular flexibility index (Phi) is 14.5. The largest absolute Gasteiger partial charge is 0.124 e. The fourth-order valence-corrected chi connectivity index (χ4v) is 2.26. The second-order valence-electron chi connectivity index (χ2n) is 2.86. The molecule has 0 spiro atoms. The molecule has 0 atom stereocenters. The molecule has 2 aromatic rings. The van der Waals surface area contributed by atoms with Crippen LogP contribution in [-0.4, -0.2) is 0 Å². The van der Waals surface area contributed by atoms with E-state index in [2.05, 4.69) is 86.4 Å². The van der Waals surface area contributed by atoms with Crippen LogP contribution in [0.3, 0.4) is 0 Å².